The van der Waals surface area contributed by atoms with E-state index in [9.17, 15) is 75.7 Å². The third kappa shape index (κ3) is 35.1. The summed E-state index contributed by atoms with van der Waals surface area (Å²) < 4.78 is 34.8. The highest BCUT2D eigenvalue weighted by molar-refractivity contribution is 5.77. The van der Waals surface area contributed by atoms with Gasteiger partial charge in [0.05, 0.1) is 50.7 Å². The normalized spacial score (nSPS) is 27.6. The molecule has 0 aliphatic carbocycles. The third-order valence-electron chi connectivity index (χ3n) is 19.1. The Morgan fingerprint density at radius 3 is 1.45 bits per heavy atom. The summed E-state index contributed by atoms with van der Waals surface area (Å²) in [5, 5.41) is 136. The number of aliphatic hydroxyl groups is 11. The first kappa shape index (κ1) is 88.2. The number of carbonyl (C=O) groups is 3. The Morgan fingerprint density at radius 2 is 1.00 bits per heavy atom. The number of hydrogen-bond donors (Lipinski definition) is 14. The number of rotatable bonds is 58. The molecule has 2 amide bonds. The number of aliphatic hydroxyl groups excluding tert-OH is 11. The Morgan fingerprint density at radius 1 is 0.546 bits per heavy atom. The molecule has 3 heterocycles. The molecular formula is C74H134N2O21. The van der Waals surface area contributed by atoms with Crippen LogP contribution < -0.4 is 10.6 Å². The van der Waals surface area contributed by atoms with E-state index in [-0.39, 0.29) is 12.3 Å². The molecule has 566 valence electrons. The van der Waals surface area contributed by atoms with E-state index in [4.69, 9.17) is 28.4 Å². The van der Waals surface area contributed by atoms with Gasteiger partial charge in [0.2, 0.25) is 11.8 Å². The third-order valence-corrected chi connectivity index (χ3v) is 19.1. The van der Waals surface area contributed by atoms with Crippen molar-refractivity contribution in [2.45, 2.75) is 387 Å². The van der Waals surface area contributed by atoms with Crippen molar-refractivity contribution in [1.82, 2.24) is 10.6 Å². The van der Waals surface area contributed by atoms with Gasteiger partial charge in [-0.1, -0.05) is 243 Å². The lowest BCUT2D eigenvalue weighted by molar-refractivity contribution is -0.386. The van der Waals surface area contributed by atoms with Crippen LogP contribution in [0.1, 0.15) is 278 Å². The van der Waals surface area contributed by atoms with Gasteiger partial charge in [0, 0.05) is 19.8 Å². The second-order valence-corrected chi connectivity index (χ2v) is 27.5. The molecule has 0 spiro atoms. The molecule has 3 rings (SSSR count). The summed E-state index contributed by atoms with van der Waals surface area (Å²) in [6.45, 7) is 2.11. The van der Waals surface area contributed by atoms with Gasteiger partial charge < -0.3 is 100 Å². The van der Waals surface area contributed by atoms with Crippen LogP contribution in [0.15, 0.2) is 36.5 Å². The lowest BCUT2D eigenvalue weighted by Gasteiger charge is -2.50. The first-order valence-electron chi connectivity index (χ1n) is 37.9. The smallest absolute Gasteiger partial charge is 0.364 e. The Balaban J connectivity index is 1.44. The molecule has 3 aliphatic heterocycles. The van der Waals surface area contributed by atoms with Crippen molar-refractivity contribution in [2.24, 2.45) is 0 Å². The highest BCUT2D eigenvalue weighted by Gasteiger charge is 2.60. The van der Waals surface area contributed by atoms with Crippen molar-refractivity contribution >= 4 is 17.8 Å². The van der Waals surface area contributed by atoms with Crippen molar-refractivity contribution in [3.05, 3.63) is 36.5 Å². The zero-order valence-electron chi connectivity index (χ0n) is 59.4. The molecule has 14 N–H and O–H groups in total. The average molecular weight is 1390 g/mol. The van der Waals surface area contributed by atoms with E-state index >= 15 is 0 Å². The number of amides is 2. The Labute approximate surface area is 580 Å². The number of carbonyl (C=O) groups excluding carboxylic acids is 2. The van der Waals surface area contributed by atoms with Gasteiger partial charge in [0.15, 0.2) is 12.6 Å². The molecule has 0 radical (unpaired) electrons. The summed E-state index contributed by atoms with van der Waals surface area (Å²) in [7, 11) is 0. The summed E-state index contributed by atoms with van der Waals surface area (Å²) in [5.74, 6) is -6.14. The number of ether oxygens (including phenoxy) is 6. The average Bonchev–Trinajstić information content (AvgIpc) is 0.743. The van der Waals surface area contributed by atoms with Crippen LogP contribution in [0.5, 0.6) is 0 Å². The molecule has 97 heavy (non-hydrogen) atoms. The molecule has 23 nitrogen and oxygen atoms in total. The number of hydrogen-bond acceptors (Lipinski definition) is 20. The van der Waals surface area contributed by atoms with E-state index in [1.807, 2.05) is 6.08 Å². The molecule has 0 aromatic heterocycles. The van der Waals surface area contributed by atoms with E-state index in [1.165, 1.54) is 180 Å². The Kier molecular flexibility index (Phi) is 48.8. The van der Waals surface area contributed by atoms with Gasteiger partial charge in [-0.15, -0.1) is 0 Å². The Bertz CT molecular complexity index is 2090. The molecule has 0 aromatic carbocycles. The highest BCUT2D eigenvalue weighted by atomic mass is 16.8. The van der Waals surface area contributed by atoms with Gasteiger partial charge in [0.25, 0.3) is 5.79 Å². The molecule has 3 fully saturated rings. The van der Waals surface area contributed by atoms with Gasteiger partial charge in [0.1, 0.15) is 67.1 Å². The van der Waals surface area contributed by atoms with Gasteiger partial charge in [-0.25, -0.2) is 4.79 Å². The second-order valence-electron chi connectivity index (χ2n) is 27.5. The van der Waals surface area contributed by atoms with Gasteiger partial charge in [-0.2, -0.15) is 0 Å². The van der Waals surface area contributed by atoms with Crippen LogP contribution in [0, 0.1) is 0 Å². The minimum Gasteiger partial charge on any atom is -0.477 e. The largest absolute Gasteiger partial charge is 0.477 e. The zero-order valence-corrected chi connectivity index (χ0v) is 59.4. The predicted molar refractivity (Wildman–Crippen MR) is 371 cm³/mol. The number of carboxylic acids is 1. The molecule has 18 atom stereocenters. The maximum Gasteiger partial charge on any atom is 0.364 e. The summed E-state index contributed by atoms with van der Waals surface area (Å²) in [6.07, 6.45) is 29.5. The summed E-state index contributed by atoms with van der Waals surface area (Å²) >= 11 is 0. The number of aliphatic carboxylic acids is 1. The highest BCUT2D eigenvalue weighted by Crippen LogP contribution is 2.39. The molecule has 18 unspecified atom stereocenters. The fourth-order valence-corrected chi connectivity index (χ4v) is 13.0. The first-order valence-corrected chi connectivity index (χ1v) is 37.9. The number of carboxylic acid groups (broad SMARTS) is 1. The lowest BCUT2D eigenvalue weighted by Crippen LogP contribution is -2.70. The summed E-state index contributed by atoms with van der Waals surface area (Å²) in [6, 6.07) is -2.62. The summed E-state index contributed by atoms with van der Waals surface area (Å²) in [5.41, 5.74) is 0. The minimum atomic E-state index is -3.08. The van der Waals surface area contributed by atoms with Crippen LogP contribution in [0.3, 0.4) is 0 Å². The second kappa shape index (κ2) is 53.7. The van der Waals surface area contributed by atoms with Crippen LogP contribution in [-0.2, 0) is 42.8 Å². The van der Waals surface area contributed by atoms with E-state index in [1.54, 1.807) is 6.08 Å². The SMILES string of the molecule is CCCCCCCCCC/C=C/C(O)C(COC1OC(CO)C(OC2OC(CO)C(O)C(OC3(C(=O)O)CC(O)C(NC(C)=O)C(C(O)C(O)CO)O3)C2O)C(O)C1O)NC(=O)CCCCCCCCCCCCCCCCCCC/C=C\C/C=C\CCCCCCCCCCC. The fraction of sp³-hybridized carbons (Fsp3) is 0.878. The maximum atomic E-state index is 13.4. The van der Waals surface area contributed by atoms with Gasteiger partial charge >= 0.3 is 5.97 Å². The van der Waals surface area contributed by atoms with Gasteiger partial charge in [-0.05, 0) is 51.4 Å². The molecule has 0 saturated carbocycles. The fourth-order valence-electron chi connectivity index (χ4n) is 13.0. The van der Waals surface area contributed by atoms with E-state index < -0.39 is 155 Å². The molecule has 3 saturated heterocycles. The van der Waals surface area contributed by atoms with E-state index in [0.29, 0.717) is 12.8 Å². The van der Waals surface area contributed by atoms with Crippen LogP contribution >= 0.6 is 0 Å². The van der Waals surface area contributed by atoms with E-state index in [2.05, 4.69) is 48.8 Å². The monoisotopic (exact) mass is 1390 g/mol. The van der Waals surface area contributed by atoms with Crippen LogP contribution in [-0.4, -0.2) is 215 Å². The lowest BCUT2D eigenvalue weighted by atomic mass is 9.88. The van der Waals surface area contributed by atoms with Crippen molar-refractivity contribution in [2.75, 3.05) is 26.4 Å². The van der Waals surface area contributed by atoms with Crippen molar-refractivity contribution in [3.8, 4) is 0 Å². The number of allylic oxidation sites excluding steroid dienone is 5. The number of unbranched alkanes of at least 4 members (excludes halogenated alkanes) is 34. The van der Waals surface area contributed by atoms with Crippen molar-refractivity contribution in [1.29, 1.82) is 0 Å². The van der Waals surface area contributed by atoms with E-state index in [0.717, 1.165) is 58.3 Å². The van der Waals surface area contributed by atoms with Crippen molar-refractivity contribution < 1.29 is 104 Å². The molecule has 0 bridgehead atoms. The zero-order chi connectivity index (χ0) is 71.1. The summed E-state index contributed by atoms with van der Waals surface area (Å²) in [4.78, 5) is 38.5. The van der Waals surface area contributed by atoms with Crippen LogP contribution in [0.25, 0.3) is 0 Å². The molecular weight excluding hydrogens is 1250 g/mol. The van der Waals surface area contributed by atoms with Crippen molar-refractivity contribution in [3.63, 3.8) is 0 Å². The quantitative estimate of drug-likeness (QED) is 0.0200. The Hall–Kier alpha value is -3.05. The van der Waals surface area contributed by atoms with Crippen LogP contribution in [0.2, 0.25) is 0 Å². The van der Waals surface area contributed by atoms with Gasteiger partial charge in [-0.3, -0.25) is 9.59 Å². The standard InChI is InChI=1S/C74H134N2O21/c1-4-6-8-10-12-14-16-17-18-19-20-21-22-23-24-25-26-27-28-29-30-31-32-33-34-35-36-37-38-40-42-44-46-48-61(84)76-55(56(81)47-45-43-41-39-15-13-11-9-7-5-2)53-92-71-66(88)65(87)68(60(52-79)94-71)95-72-67(89)70(64(86)59(51-78)93-72)97-74(73(90)91)49-57(82)62(75-54(3)80)69(96-74)63(85)58(83)50-77/h20-21,23-24,45,47,55-60,62-72,77-79,81-83,85-89H,4-19,22,25-44,46,48-53H2,1-3H3,(H,75,80)(H,76,84)(H,90,91)/b21-20-,24-23-,47-45+. The predicted octanol–water partition coefficient (Wildman–Crippen LogP) is 8.57. The maximum absolute atomic E-state index is 13.4. The molecule has 3 aliphatic rings. The minimum absolute atomic E-state index is 0.201. The van der Waals surface area contributed by atoms with Crippen LogP contribution in [0.4, 0.5) is 0 Å². The first-order chi connectivity index (χ1) is 46.9. The topological polar surface area (TPSA) is 373 Å². The molecule has 0 aromatic rings. The molecule has 23 heteroatoms. The number of nitrogens with one attached hydrogen (secondary N) is 2.